The van der Waals surface area contributed by atoms with Gasteiger partial charge in [-0.2, -0.15) is 0 Å². The van der Waals surface area contributed by atoms with E-state index in [1.807, 2.05) is 37.5 Å². The third-order valence-electron chi connectivity index (χ3n) is 4.49. The molecule has 0 aliphatic rings. The maximum Gasteiger partial charge on any atom is 0.234 e. The number of hydrogen-bond donors (Lipinski definition) is 2. The summed E-state index contributed by atoms with van der Waals surface area (Å²) in [4.78, 5) is 16.9. The number of aliphatic hydroxyl groups is 1. The van der Waals surface area contributed by atoms with Gasteiger partial charge in [-0.1, -0.05) is 41.6 Å². The van der Waals surface area contributed by atoms with Gasteiger partial charge in [0.05, 0.1) is 18.1 Å². The Kier molecular flexibility index (Phi) is 6.71. The summed E-state index contributed by atoms with van der Waals surface area (Å²) >= 11 is 1.30. The van der Waals surface area contributed by atoms with Crippen LogP contribution in [0, 0.1) is 26.6 Å². The van der Waals surface area contributed by atoms with Crippen molar-refractivity contribution in [3.63, 3.8) is 0 Å². The second kappa shape index (κ2) is 9.24. The average molecular weight is 414 g/mol. The van der Waals surface area contributed by atoms with Crippen LogP contribution in [0.5, 0.6) is 0 Å². The molecule has 1 aromatic heterocycles. The molecule has 0 atom stereocenters. The van der Waals surface area contributed by atoms with E-state index in [9.17, 15) is 14.3 Å². The highest BCUT2D eigenvalue weighted by Gasteiger charge is 2.13. The number of aryl methyl sites for hydroxylation is 3. The molecule has 2 aromatic carbocycles. The number of carbonyl (C=O) groups excluding carboxylic acids is 1. The Bertz CT molecular complexity index is 992. The lowest BCUT2D eigenvalue weighted by atomic mass is 10.1. The molecule has 2 N–H and O–H groups in total. The zero-order valence-electron chi connectivity index (χ0n) is 16.7. The van der Waals surface area contributed by atoms with Crippen LogP contribution >= 0.6 is 11.8 Å². The van der Waals surface area contributed by atoms with Crippen molar-refractivity contribution in [2.24, 2.45) is 0 Å². The fourth-order valence-corrected chi connectivity index (χ4v) is 4.02. The molecule has 5 nitrogen and oxygen atoms in total. The minimum atomic E-state index is -0.289. The minimum absolute atomic E-state index is 0.119. The molecule has 3 aromatic rings. The van der Waals surface area contributed by atoms with E-state index < -0.39 is 0 Å². The summed E-state index contributed by atoms with van der Waals surface area (Å²) < 4.78 is 15.0. The summed E-state index contributed by atoms with van der Waals surface area (Å²) in [6.45, 7) is 6.28. The molecule has 152 valence electrons. The van der Waals surface area contributed by atoms with E-state index in [4.69, 9.17) is 0 Å². The first-order chi connectivity index (χ1) is 13.9. The van der Waals surface area contributed by atoms with Gasteiger partial charge in [-0.25, -0.2) is 9.37 Å². The zero-order chi connectivity index (χ0) is 21.0. The number of nitrogens with one attached hydrogen (secondary N) is 1. The van der Waals surface area contributed by atoms with Crippen molar-refractivity contribution in [3.05, 3.63) is 76.4 Å². The number of hydrogen-bond acceptors (Lipinski definition) is 4. The second-order valence-corrected chi connectivity index (χ2v) is 7.98. The summed E-state index contributed by atoms with van der Waals surface area (Å²) in [7, 11) is 0. The number of aromatic nitrogens is 2. The van der Waals surface area contributed by atoms with Gasteiger partial charge in [0.15, 0.2) is 5.16 Å². The first-order valence-electron chi connectivity index (χ1n) is 9.27. The summed E-state index contributed by atoms with van der Waals surface area (Å²) in [5.74, 6) is -0.215. The lowest BCUT2D eigenvalue weighted by molar-refractivity contribution is -0.113. The number of halogens is 1. The Morgan fingerprint density at radius 1 is 1.17 bits per heavy atom. The fraction of sp³-hybridized carbons (Fsp3) is 0.273. The van der Waals surface area contributed by atoms with E-state index in [1.54, 1.807) is 18.3 Å². The number of aliphatic hydroxyl groups excluding tert-OH is 1. The molecular formula is C22H24FN3O2S. The van der Waals surface area contributed by atoms with Crippen LogP contribution in [0.15, 0.2) is 47.8 Å². The summed E-state index contributed by atoms with van der Waals surface area (Å²) in [6.07, 6.45) is 1.75. The van der Waals surface area contributed by atoms with Crippen molar-refractivity contribution < 1.29 is 14.3 Å². The lowest BCUT2D eigenvalue weighted by Gasteiger charge is -2.13. The van der Waals surface area contributed by atoms with Gasteiger partial charge in [-0.3, -0.25) is 4.79 Å². The number of carbonyl (C=O) groups is 1. The van der Waals surface area contributed by atoms with Gasteiger partial charge in [0.2, 0.25) is 5.91 Å². The number of thioether (sulfide) groups is 1. The predicted octanol–water partition coefficient (Wildman–Crippen LogP) is 4.22. The summed E-state index contributed by atoms with van der Waals surface area (Å²) in [5.41, 5.74) is 5.49. The van der Waals surface area contributed by atoms with Crippen molar-refractivity contribution in [3.8, 4) is 0 Å². The highest BCUT2D eigenvalue weighted by Crippen LogP contribution is 2.24. The monoisotopic (exact) mass is 413 g/mol. The molecule has 3 rings (SSSR count). The molecular weight excluding hydrogens is 389 g/mol. The maximum absolute atomic E-state index is 13.1. The molecule has 0 unspecified atom stereocenters. The van der Waals surface area contributed by atoms with Crippen LogP contribution in [0.4, 0.5) is 10.1 Å². The largest absolute Gasteiger partial charge is 0.390 e. The first-order valence-corrected chi connectivity index (χ1v) is 10.3. The number of imidazole rings is 1. The Balaban J connectivity index is 1.69. The van der Waals surface area contributed by atoms with Gasteiger partial charge in [0, 0.05) is 18.4 Å². The van der Waals surface area contributed by atoms with E-state index in [-0.39, 0.29) is 24.1 Å². The second-order valence-electron chi connectivity index (χ2n) is 7.04. The number of rotatable bonds is 7. The molecule has 0 aliphatic heterocycles. The lowest BCUT2D eigenvalue weighted by Crippen LogP contribution is -2.16. The molecule has 1 heterocycles. The molecule has 0 fully saturated rings. The Labute approximate surface area is 174 Å². The SMILES string of the molecule is Cc1cc(C)c(NC(=O)CSc2nc(CO)cn2Cc2ccc(F)cc2)c(C)c1. The minimum Gasteiger partial charge on any atom is -0.390 e. The van der Waals surface area contributed by atoms with Crippen molar-refractivity contribution >= 4 is 23.4 Å². The molecule has 0 bridgehead atoms. The van der Waals surface area contributed by atoms with Crippen LogP contribution in [-0.2, 0) is 17.9 Å². The standard InChI is InChI=1S/C22H24FN3O2S/c1-14-8-15(2)21(16(3)9-14)25-20(28)13-29-22-24-19(12-27)11-26(22)10-17-4-6-18(23)7-5-17/h4-9,11,27H,10,12-13H2,1-3H3,(H,25,28). The fourth-order valence-electron chi connectivity index (χ4n) is 3.22. The van der Waals surface area contributed by atoms with Gasteiger partial charge in [-0.05, 0) is 49.6 Å². The number of benzene rings is 2. The molecule has 1 amide bonds. The first kappa shape index (κ1) is 21.1. The number of nitrogens with zero attached hydrogens (tertiary/aromatic N) is 2. The molecule has 0 aliphatic carbocycles. The van der Waals surface area contributed by atoms with Crippen molar-refractivity contribution in [1.82, 2.24) is 9.55 Å². The smallest absolute Gasteiger partial charge is 0.234 e. The summed E-state index contributed by atoms with van der Waals surface area (Å²) in [6, 6.07) is 10.3. The third kappa shape index (κ3) is 5.46. The van der Waals surface area contributed by atoms with E-state index in [0.717, 1.165) is 27.9 Å². The van der Waals surface area contributed by atoms with Gasteiger partial charge in [-0.15, -0.1) is 0 Å². The Morgan fingerprint density at radius 3 is 2.45 bits per heavy atom. The third-order valence-corrected chi connectivity index (χ3v) is 5.48. The van der Waals surface area contributed by atoms with E-state index in [1.165, 1.54) is 23.9 Å². The zero-order valence-corrected chi connectivity index (χ0v) is 17.5. The number of anilines is 1. The molecule has 7 heteroatoms. The van der Waals surface area contributed by atoms with Crippen molar-refractivity contribution in [2.75, 3.05) is 11.1 Å². The molecule has 0 saturated carbocycles. The van der Waals surface area contributed by atoms with Crippen molar-refractivity contribution in [1.29, 1.82) is 0 Å². The van der Waals surface area contributed by atoms with Crippen molar-refractivity contribution in [2.45, 2.75) is 39.1 Å². The number of amides is 1. The van der Waals surface area contributed by atoms with Gasteiger partial charge in [0.1, 0.15) is 5.82 Å². The van der Waals surface area contributed by atoms with E-state index >= 15 is 0 Å². The van der Waals surface area contributed by atoms with Gasteiger partial charge < -0.3 is 15.0 Å². The van der Waals surface area contributed by atoms with Crippen LogP contribution in [0.3, 0.4) is 0 Å². The van der Waals surface area contributed by atoms with E-state index in [0.29, 0.717) is 17.4 Å². The van der Waals surface area contributed by atoms with Crippen LogP contribution in [0.25, 0.3) is 0 Å². The Morgan fingerprint density at radius 2 is 1.83 bits per heavy atom. The van der Waals surface area contributed by atoms with E-state index in [2.05, 4.69) is 10.3 Å². The maximum atomic E-state index is 13.1. The Hall–Kier alpha value is -2.64. The van der Waals surface area contributed by atoms with Crippen LogP contribution in [-0.4, -0.2) is 26.3 Å². The quantitative estimate of drug-likeness (QED) is 0.569. The van der Waals surface area contributed by atoms with Crippen LogP contribution in [0.2, 0.25) is 0 Å². The highest BCUT2D eigenvalue weighted by atomic mass is 32.2. The highest BCUT2D eigenvalue weighted by molar-refractivity contribution is 7.99. The molecule has 0 spiro atoms. The average Bonchev–Trinajstić information content (AvgIpc) is 3.06. The predicted molar refractivity (Wildman–Crippen MR) is 114 cm³/mol. The normalized spacial score (nSPS) is 10.9. The summed E-state index contributed by atoms with van der Waals surface area (Å²) in [5, 5.41) is 13.0. The topological polar surface area (TPSA) is 67.2 Å². The van der Waals surface area contributed by atoms with Gasteiger partial charge in [0.25, 0.3) is 0 Å². The molecule has 29 heavy (non-hydrogen) atoms. The van der Waals surface area contributed by atoms with Crippen LogP contribution < -0.4 is 5.32 Å². The van der Waals surface area contributed by atoms with Crippen LogP contribution in [0.1, 0.15) is 27.9 Å². The molecule has 0 saturated heterocycles. The van der Waals surface area contributed by atoms with Gasteiger partial charge >= 0.3 is 0 Å². The molecule has 0 radical (unpaired) electrons.